The lowest BCUT2D eigenvalue weighted by Crippen LogP contribution is -2.36. The summed E-state index contributed by atoms with van der Waals surface area (Å²) in [5, 5.41) is 0. The first-order chi connectivity index (χ1) is 9.14. The number of esters is 1. The summed E-state index contributed by atoms with van der Waals surface area (Å²) in [4.78, 5) is 12.4. The summed E-state index contributed by atoms with van der Waals surface area (Å²) in [6, 6.07) is 7.58. The lowest BCUT2D eigenvalue weighted by atomic mass is 9.75. The number of allylic oxidation sites excluding steroid dienone is 1. The minimum Gasteiger partial charge on any atom is -0.497 e. The molecule has 0 aliphatic rings. The zero-order valence-electron chi connectivity index (χ0n) is 11.9. The van der Waals surface area contributed by atoms with Gasteiger partial charge >= 0.3 is 5.97 Å². The number of hydrogen-bond acceptors (Lipinski definition) is 3. The maximum atomic E-state index is 12.4. The van der Waals surface area contributed by atoms with E-state index in [0.29, 0.717) is 19.4 Å². The smallest absolute Gasteiger partial charge is 0.316 e. The van der Waals surface area contributed by atoms with E-state index in [1.165, 1.54) is 0 Å². The average Bonchev–Trinajstić information content (AvgIpc) is 2.45. The molecule has 3 nitrogen and oxygen atoms in total. The molecule has 1 aromatic carbocycles. The van der Waals surface area contributed by atoms with Crippen molar-refractivity contribution in [3.63, 3.8) is 0 Å². The molecule has 1 unspecified atom stereocenters. The van der Waals surface area contributed by atoms with E-state index in [2.05, 4.69) is 6.58 Å². The molecule has 0 spiro atoms. The van der Waals surface area contributed by atoms with Crippen LogP contribution in [-0.2, 0) is 14.9 Å². The maximum absolute atomic E-state index is 12.4. The van der Waals surface area contributed by atoms with E-state index in [1.807, 2.05) is 38.1 Å². The minimum absolute atomic E-state index is 0.203. The number of methoxy groups -OCH3 is 1. The van der Waals surface area contributed by atoms with Gasteiger partial charge in [-0.25, -0.2) is 0 Å². The summed E-state index contributed by atoms with van der Waals surface area (Å²) in [7, 11) is 1.62. The van der Waals surface area contributed by atoms with Crippen LogP contribution in [0.5, 0.6) is 5.75 Å². The molecule has 1 atom stereocenters. The minimum atomic E-state index is -0.674. The molecule has 0 aromatic heterocycles. The van der Waals surface area contributed by atoms with Gasteiger partial charge in [0.2, 0.25) is 0 Å². The Morgan fingerprint density at radius 1 is 1.42 bits per heavy atom. The number of rotatable bonds is 7. The predicted octanol–water partition coefficient (Wildman–Crippen LogP) is 3.48. The van der Waals surface area contributed by atoms with Crippen molar-refractivity contribution < 1.29 is 14.3 Å². The molecule has 0 radical (unpaired) electrons. The molecule has 19 heavy (non-hydrogen) atoms. The molecule has 104 valence electrons. The molecule has 0 N–H and O–H groups in total. The predicted molar refractivity (Wildman–Crippen MR) is 76.4 cm³/mol. The van der Waals surface area contributed by atoms with Crippen LogP contribution in [0.2, 0.25) is 0 Å². The van der Waals surface area contributed by atoms with Crippen LogP contribution in [0.15, 0.2) is 36.9 Å². The van der Waals surface area contributed by atoms with Crippen molar-refractivity contribution in [2.75, 3.05) is 13.7 Å². The Bertz CT molecular complexity index is 439. The standard InChI is InChI=1S/C16H22O3/c1-5-11-16(6-2,15(17)19-7-3)13-9-8-10-14(12-13)18-4/h5,8-10,12H,1,6-7,11H2,2-4H3. The van der Waals surface area contributed by atoms with Gasteiger partial charge in [-0.1, -0.05) is 25.1 Å². The quantitative estimate of drug-likeness (QED) is 0.557. The van der Waals surface area contributed by atoms with E-state index in [4.69, 9.17) is 9.47 Å². The van der Waals surface area contributed by atoms with Crippen molar-refractivity contribution in [3.8, 4) is 5.75 Å². The monoisotopic (exact) mass is 262 g/mol. The van der Waals surface area contributed by atoms with Gasteiger partial charge in [-0.3, -0.25) is 4.79 Å². The molecule has 3 heteroatoms. The largest absolute Gasteiger partial charge is 0.497 e. The maximum Gasteiger partial charge on any atom is 0.316 e. The number of carbonyl (C=O) groups excluding carboxylic acids is 1. The molecule has 1 rings (SSSR count). The number of hydrogen-bond donors (Lipinski definition) is 0. The second-order valence-electron chi connectivity index (χ2n) is 4.38. The van der Waals surface area contributed by atoms with Crippen LogP contribution in [-0.4, -0.2) is 19.7 Å². The first-order valence-electron chi connectivity index (χ1n) is 6.57. The number of carbonyl (C=O) groups is 1. The Balaban J connectivity index is 3.27. The van der Waals surface area contributed by atoms with Gasteiger partial charge in [0.05, 0.1) is 19.1 Å². The van der Waals surface area contributed by atoms with Gasteiger partial charge < -0.3 is 9.47 Å². The van der Waals surface area contributed by atoms with Crippen LogP contribution < -0.4 is 4.74 Å². The first kappa shape index (κ1) is 15.3. The second kappa shape index (κ2) is 6.98. The first-order valence-corrected chi connectivity index (χ1v) is 6.57. The second-order valence-corrected chi connectivity index (χ2v) is 4.38. The Kier molecular flexibility index (Phi) is 5.61. The van der Waals surface area contributed by atoms with Gasteiger partial charge in [0.1, 0.15) is 5.75 Å². The summed E-state index contributed by atoms with van der Waals surface area (Å²) in [6.07, 6.45) is 2.97. The molecular formula is C16H22O3. The molecule has 0 fully saturated rings. The molecule has 0 aliphatic carbocycles. The topological polar surface area (TPSA) is 35.5 Å². The summed E-state index contributed by atoms with van der Waals surface area (Å²) < 4.78 is 10.5. The normalized spacial score (nSPS) is 13.4. The zero-order valence-corrected chi connectivity index (χ0v) is 11.9. The summed E-state index contributed by atoms with van der Waals surface area (Å²) in [5.41, 5.74) is 0.236. The fraction of sp³-hybridized carbons (Fsp3) is 0.438. The molecule has 0 bridgehead atoms. The van der Waals surface area contributed by atoms with Crippen LogP contribution in [0.25, 0.3) is 0 Å². The summed E-state index contributed by atoms with van der Waals surface area (Å²) >= 11 is 0. The molecule has 0 saturated carbocycles. The Labute approximate surface area is 115 Å². The average molecular weight is 262 g/mol. The highest BCUT2D eigenvalue weighted by Gasteiger charge is 2.39. The number of ether oxygens (including phenoxy) is 2. The van der Waals surface area contributed by atoms with Gasteiger partial charge in [-0.05, 0) is 37.5 Å². The molecule has 0 amide bonds. The van der Waals surface area contributed by atoms with Crippen molar-refractivity contribution in [2.45, 2.75) is 32.1 Å². The van der Waals surface area contributed by atoms with Crippen LogP contribution in [0, 0.1) is 0 Å². The van der Waals surface area contributed by atoms with Crippen LogP contribution in [0.4, 0.5) is 0 Å². The molecule has 0 heterocycles. The van der Waals surface area contributed by atoms with Crippen LogP contribution in [0.3, 0.4) is 0 Å². The van der Waals surface area contributed by atoms with Crippen LogP contribution >= 0.6 is 0 Å². The lowest BCUT2D eigenvalue weighted by molar-refractivity contribution is -0.150. The number of benzene rings is 1. The van der Waals surface area contributed by atoms with Crippen molar-refractivity contribution in [2.24, 2.45) is 0 Å². The van der Waals surface area contributed by atoms with Gasteiger partial charge in [-0.2, -0.15) is 0 Å². The van der Waals surface area contributed by atoms with Gasteiger partial charge in [-0.15, -0.1) is 6.58 Å². The van der Waals surface area contributed by atoms with Crippen molar-refractivity contribution in [1.29, 1.82) is 0 Å². The third kappa shape index (κ3) is 3.16. The van der Waals surface area contributed by atoms with Crippen molar-refractivity contribution in [1.82, 2.24) is 0 Å². The third-order valence-corrected chi connectivity index (χ3v) is 3.38. The van der Waals surface area contributed by atoms with E-state index >= 15 is 0 Å². The van der Waals surface area contributed by atoms with E-state index in [1.54, 1.807) is 13.2 Å². The molecule has 0 aliphatic heterocycles. The zero-order chi connectivity index (χ0) is 14.3. The summed E-state index contributed by atoms with van der Waals surface area (Å²) in [6.45, 7) is 7.95. The third-order valence-electron chi connectivity index (χ3n) is 3.38. The van der Waals surface area contributed by atoms with Crippen molar-refractivity contribution >= 4 is 5.97 Å². The van der Waals surface area contributed by atoms with E-state index < -0.39 is 5.41 Å². The van der Waals surface area contributed by atoms with Gasteiger partial charge in [0, 0.05) is 0 Å². The van der Waals surface area contributed by atoms with Crippen LogP contribution in [0.1, 0.15) is 32.3 Å². The highest BCUT2D eigenvalue weighted by atomic mass is 16.5. The van der Waals surface area contributed by atoms with Gasteiger partial charge in [0.15, 0.2) is 0 Å². The summed E-state index contributed by atoms with van der Waals surface area (Å²) in [5.74, 6) is 0.536. The van der Waals surface area contributed by atoms with Gasteiger partial charge in [0.25, 0.3) is 0 Å². The SMILES string of the molecule is C=CCC(CC)(C(=O)OCC)c1cccc(OC)c1. The molecule has 0 saturated heterocycles. The van der Waals surface area contributed by atoms with E-state index in [9.17, 15) is 4.79 Å². The Hall–Kier alpha value is -1.77. The molecular weight excluding hydrogens is 240 g/mol. The fourth-order valence-electron chi connectivity index (χ4n) is 2.25. The Morgan fingerprint density at radius 3 is 2.68 bits per heavy atom. The fourth-order valence-corrected chi connectivity index (χ4v) is 2.25. The van der Waals surface area contributed by atoms with E-state index in [-0.39, 0.29) is 5.97 Å². The highest BCUT2D eigenvalue weighted by Crippen LogP contribution is 2.35. The van der Waals surface area contributed by atoms with Crippen molar-refractivity contribution in [3.05, 3.63) is 42.5 Å². The van der Waals surface area contributed by atoms with E-state index in [0.717, 1.165) is 11.3 Å². The lowest BCUT2D eigenvalue weighted by Gasteiger charge is -2.30. The highest BCUT2D eigenvalue weighted by molar-refractivity contribution is 5.83. The molecule has 1 aromatic rings. The Morgan fingerprint density at radius 2 is 2.16 bits per heavy atom.